The van der Waals surface area contributed by atoms with Crippen LogP contribution in [-0.4, -0.2) is 54.2 Å². The summed E-state index contributed by atoms with van der Waals surface area (Å²) >= 11 is 0. The van der Waals surface area contributed by atoms with E-state index in [1.165, 1.54) is 0 Å². The minimum absolute atomic E-state index is 0.0207. The molecule has 0 aromatic heterocycles. The fourth-order valence-electron chi connectivity index (χ4n) is 3.56. The number of hydrogen-bond donors (Lipinski definition) is 2. The number of hydrogen-bond acceptors (Lipinski definition) is 4. The predicted octanol–water partition coefficient (Wildman–Crippen LogP) is 0.945. The number of benzene rings is 1. The van der Waals surface area contributed by atoms with Crippen molar-refractivity contribution in [2.75, 3.05) is 26.2 Å². The number of carbonyl (C=O) groups is 2. The van der Waals surface area contributed by atoms with Crippen LogP contribution in [0.5, 0.6) is 5.75 Å². The van der Waals surface area contributed by atoms with Gasteiger partial charge in [-0.3, -0.25) is 9.59 Å². The molecule has 0 radical (unpaired) electrons. The first-order valence-corrected chi connectivity index (χ1v) is 8.51. The number of ether oxygens (including phenoxy) is 1. The Morgan fingerprint density at radius 2 is 2.00 bits per heavy atom. The average molecular weight is 332 g/mol. The Labute approximate surface area is 141 Å². The van der Waals surface area contributed by atoms with Gasteiger partial charge in [-0.05, 0) is 31.4 Å². The highest BCUT2D eigenvalue weighted by Gasteiger charge is 2.45. The number of aliphatic hydroxyl groups excluding tert-OH is 1. The molecule has 0 bridgehead atoms. The molecule has 6 nitrogen and oxygen atoms in total. The average Bonchev–Trinajstić information content (AvgIpc) is 2.60. The Hall–Kier alpha value is -2.08. The van der Waals surface area contributed by atoms with E-state index in [-0.39, 0.29) is 11.8 Å². The monoisotopic (exact) mass is 332 g/mol. The molecular formula is C18H24N2O4. The van der Waals surface area contributed by atoms with E-state index in [2.05, 4.69) is 5.32 Å². The summed E-state index contributed by atoms with van der Waals surface area (Å²) in [5.74, 6) is 0.834. The van der Waals surface area contributed by atoms with Gasteiger partial charge in [-0.1, -0.05) is 18.2 Å². The van der Waals surface area contributed by atoms with Crippen LogP contribution in [0.15, 0.2) is 30.3 Å². The molecule has 2 saturated heterocycles. The first kappa shape index (κ1) is 16.8. The molecule has 3 rings (SSSR count). The normalized spacial score (nSPS) is 23.0. The van der Waals surface area contributed by atoms with E-state index < -0.39 is 11.5 Å². The highest BCUT2D eigenvalue weighted by Crippen LogP contribution is 2.38. The minimum Gasteiger partial charge on any atom is -0.493 e. The van der Waals surface area contributed by atoms with Gasteiger partial charge in [-0.2, -0.15) is 0 Å². The number of rotatable bonds is 4. The van der Waals surface area contributed by atoms with Crippen LogP contribution in [0.4, 0.5) is 0 Å². The van der Waals surface area contributed by atoms with E-state index in [0.717, 1.165) is 5.75 Å². The summed E-state index contributed by atoms with van der Waals surface area (Å²) in [7, 11) is 0. The number of carbonyl (C=O) groups excluding carboxylic acids is 2. The molecule has 2 aliphatic rings. The Kier molecular flexibility index (Phi) is 5.04. The summed E-state index contributed by atoms with van der Waals surface area (Å²) in [6, 6.07) is 9.43. The van der Waals surface area contributed by atoms with Crippen LogP contribution in [0.25, 0.3) is 0 Å². The fraction of sp³-hybridized carbons (Fsp3) is 0.556. The summed E-state index contributed by atoms with van der Waals surface area (Å²) in [5.41, 5.74) is -0.505. The van der Waals surface area contributed by atoms with E-state index in [9.17, 15) is 14.7 Å². The lowest BCUT2D eigenvalue weighted by molar-refractivity contribution is -0.145. The predicted molar refractivity (Wildman–Crippen MR) is 88.4 cm³/mol. The Bertz CT molecular complexity index is 582. The molecular weight excluding hydrogens is 308 g/mol. The van der Waals surface area contributed by atoms with Gasteiger partial charge in [0.1, 0.15) is 5.75 Å². The Morgan fingerprint density at radius 1 is 1.29 bits per heavy atom. The van der Waals surface area contributed by atoms with E-state index in [1.807, 2.05) is 30.3 Å². The molecule has 1 aromatic carbocycles. The van der Waals surface area contributed by atoms with Crippen LogP contribution in [0, 0.1) is 5.41 Å². The van der Waals surface area contributed by atoms with Gasteiger partial charge >= 0.3 is 0 Å². The van der Waals surface area contributed by atoms with Gasteiger partial charge < -0.3 is 20.1 Å². The van der Waals surface area contributed by atoms with Gasteiger partial charge in [-0.25, -0.2) is 0 Å². The number of nitrogens with one attached hydrogen (secondary N) is 1. The van der Waals surface area contributed by atoms with E-state index >= 15 is 0 Å². The maximum atomic E-state index is 12.3. The van der Waals surface area contributed by atoms with Crippen molar-refractivity contribution in [3.63, 3.8) is 0 Å². The molecule has 2 fully saturated rings. The molecule has 2 N–H and O–H groups in total. The second-order valence-corrected chi connectivity index (χ2v) is 6.64. The molecule has 130 valence electrons. The van der Waals surface area contributed by atoms with Crippen molar-refractivity contribution < 1.29 is 19.4 Å². The van der Waals surface area contributed by atoms with Crippen molar-refractivity contribution in [3.05, 3.63) is 30.3 Å². The molecule has 24 heavy (non-hydrogen) atoms. The standard InChI is InChI=1S/C18H24N2O4/c21-14-12-18(17(23)19-13-14)7-9-20(10-8-18)16(22)6-11-24-15-4-2-1-3-5-15/h1-5,14,21H,6-13H2,(H,19,23). The molecule has 6 heteroatoms. The summed E-state index contributed by atoms with van der Waals surface area (Å²) < 4.78 is 5.56. The highest BCUT2D eigenvalue weighted by molar-refractivity contribution is 5.84. The minimum atomic E-state index is -0.505. The molecule has 1 aromatic rings. The van der Waals surface area contributed by atoms with Gasteiger partial charge in [0, 0.05) is 19.6 Å². The number of nitrogens with zero attached hydrogens (tertiary/aromatic N) is 1. The van der Waals surface area contributed by atoms with Crippen molar-refractivity contribution in [3.8, 4) is 5.75 Å². The Balaban J connectivity index is 1.46. The number of amides is 2. The van der Waals surface area contributed by atoms with Crippen molar-refractivity contribution in [1.82, 2.24) is 10.2 Å². The largest absolute Gasteiger partial charge is 0.493 e. The zero-order valence-electron chi connectivity index (χ0n) is 13.7. The van der Waals surface area contributed by atoms with Gasteiger partial charge in [0.15, 0.2) is 0 Å². The number of para-hydroxylation sites is 1. The van der Waals surface area contributed by atoms with Crippen LogP contribution < -0.4 is 10.1 Å². The second kappa shape index (κ2) is 7.21. The summed E-state index contributed by atoms with van der Waals surface area (Å²) in [4.78, 5) is 26.3. The Morgan fingerprint density at radius 3 is 2.71 bits per heavy atom. The van der Waals surface area contributed by atoms with Gasteiger partial charge in [-0.15, -0.1) is 0 Å². The zero-order valence-corrected chi connectivity index (χ0v) is 13.7. The second-order valence-electron chi connectivity index (χ2n) is 6.64. The third-order valence-corrected chi connectivity index (χ3v) is 5.01. The van der Waals surface area contributed by atoms with Crippen molar-refractivity contribution in [2.45, 2.75) is 31.8 Å². The molecule has 1 unspecified atom stereocenters. The molecule has 1 atom stereocenters. The first-order valence-electron chi connectivity index (χ1n) is 8.51. The summed E-state index contributed by atoms with van der Waals surface area (Å²) in [5, 5.41) is 12.6. The van der Waals surface area contributed by atoms with Crippen LogP contribution in [-0.2, 0) is 9.59 Å². The fourth-order valence-corrected chi connectivity index (χ4v) is 3.56. The van der Waals surface area contributed by atoms with Crippen molar-refractivity contribution in [2.24, 2.45) is 5.41 Å². The SMILES string of the molecule is O=C(CCOc1ccccc1)N1CCC2(CC1)CC(O)CNC2=O. The summed E-state index contributed by atoms with van der Waals surface area (Å²) in [6.45, 7) is 1.80. The van der Waals surface area contributed by atoms with Crippen LogP contribution in [0.2, 0.25) is 0 Å². The van der Waals surface area contributed by atoms with Gasteiger partial charge in [0.25, 0.3) is 0 Å². The smallest absolute Gasteiger partial charge is 0.226 e. The van der Waals surface area contributed by atoms with E-state index in [4.69, 9.17) is 4.74 Å². The third-order valence-electron chi connectivity index (χ3n) is 5.01. The van der Waals surface area contributed by atoms with Crippen LogP contribution in [0.1, 0.15) is 25.7 Å². The lowest BCUT2D eigenvalue weighted by Gasteiger charge is -2.44. The van der Waals surface area contributed by atoms with Crippen molar-refractivity contribution >= 4 is 11.8 Å². The van der Waals surface area contributed by atoms with Crippen molar-refractivity contribution in [1.29, 1.82) is 0 Å². The maximum absolute atomic E-state index is 12.3. The van der Waals surface area contributed by atoms with Crippen LogP contribution >= 0.6 is 0 Å². The topological polar surface area (TPSA) is 78.9 Å². The number of aliphatic hydroxyl groups is 1. The number of likely N-dealkylation sites (tertiary alicyclic amines) is 1. The maximum Gasteiger partial charge on any atom is 0.226 e. The number of piperidine rings is 2. The lowest BCUT2D eigenvalue weighted by atomic mass is 9.71. The molecule has 1 spiro atoms. The van der Waals surface area contributed by atoms with Gasteiger partial charge in [0.05, 0.1) is 24.5 Å². The highest BCUT2D eigenvalue weighted by atomic mass is 16.5. The zero-order chi connectivity index (χ0) is 17.0. The molecule has 2 aliphatic heterocycles. The van der Waals surface area contributed by atoms with E-state index in [0.29, 0.717) is 51.9 Å². The lowest BCUT2D eigenvalue weighted by Crippen LogP contribution is -2.56. The first-order chi connectivity index (χ1) is 11.6. The summed E-state index contributed by atoms with van der Waals surface area (Å²) in [6.07, 6.45) is 1.57. The van der Waals surface area contributed by atoms with Gasteiger partial charge in [0.2, 0.25) is 11.8 Å². The van der Waals surface area contributed by atoms with E-state index in [1.54, 1.807) is 4.90 Å². The molecule has 2 amide bonds. The molecule has 0 saturated carbocycles. The number of β-amino-alcohol motifs (C(OH)–C–C–N with tert-alkyl or cyclic N) is 1. The molecule has 2 heterocycles. The molecule has 0 aliphatic carbocycles. The third kappa shape index (κ3) is 3.70. The van der Waals surface area contributed by atoms with Crippen LogP contribution in [0.3, 0.4) is 0 Å². The quantitative estimate of drug-likeness (QED) is 0.860.